The molecule has 2 aromatic heterocycles. The van der Waals surface area contributed by atoms with Crippen LogP contribution in [-0.4, -0.2) is 9.97 Å². The van der Waals surface area contributed by atoms with Gasteiger partial charge < -0.3 is 0 Å². The number of alkyl halides is 1. The summed E-state index contributed by atoms with van der Waals surface area (Å²) in [4.78, 5) is 9.45. The minimum Gasteiger partial charge on any atom is -0.261 e. The zero-order chi connectivity index (χ0) is 10.7. The van der Waals surface area contributed by atoms with E-state index >= 15 is 0 Å². The molecule has 0 N–H and O–H groups in total. The largest absolute Gasteiger partial charge is 0.261 e. The lowest BCUT2D eigenvalue weighted by Crippen LogP contribution is -1.98. The molecule has 15 heavy (non-hydrogen) atoms. The van der Waals surface area contributed by atoms with Gasteiger partial charge in [0.1, 0.15) is 0 Å². The van der Waals surface area contributed by atoms with Crippen molar-refractivity contribution in [3.8, 4) is 0 Å². The van der Waals surface area contributed by atoms with Crippen LogP contribution >= 0.6 is 22.9 Å². The number of rotatable bonds is 3. The number of hydrogen-bond donors (Lipinski definition) is 0. The molecule has 2 rings (SSSR count). The van der Waals surface area contributed by atoms with Crippen LogP contribution in [0.3, 0.4) is 0 Å². The number of halogens is 1. The average Bonchev–Trinajstić information content (AvgIpc) is 2.74. The minimum atomic E-state index is -0.0221. The second-order valence-electron chi connectivity index (χ2n) is 3.34. The fourth-order valence-corrected chi connectivity index (χ4v) is 2.34. The summed E-state index contributed by atoms with van der Waals surface area (Å²) in [6.45, 7) is 2.05. The maximum Gasteiger partial charge on any atom is 0.0794 e. The first-order valence-corrected chi connectivity index (χ1v) is 6.02. The van der Waals surface area contributed by atoms with Crippen LogP contribution in [0, 0.1) is 6.92 Å². The molecule has 2 nitrogen and oxygen atoms in total. The zero-order valence-corrected chi connectivity index (χ0v) is 9.92. The molecule has 0 aliphatic heterocycles. The number of thiazole rings is 1. The maximum atomic E-state index is 6.28. The molecule has 0 aliphatic carbocycles. The van der Waals surface area contributed by atoms with Crippen LogP contribution in [0.25, 0.3) is 0 Å². The van der Waals surface area contributed by atoms with Crippen LogP contribution in [0.4, 0.5) is 0 Å². The fourth-order valence-electron chi connectivity index (χ4n) is 1.38. The summed E-state index contributed by atoms with van der Waals surface area (Å²) in [7, 11) is 0. The summed E-state index contributed by atoms with van der Waals surface area (Å²) in [6.07, 6.45) is 4.38. The molecule has 4 heteroatoms. The zero-order valence-electron chi connectivity index (χ0n) is 8.35. The van der Waals surface area contributed by atoms with Gasteiger partial charge in [-0.2, -0.15) is 0 Å². The number of aromatic nitrogens is 2. The van der Waals surface area contributed by atoms with E-state index in [1.807, 2.05) is 12.3 Å². The van der Waals surface area contributed by atoms with Gasteiger partial charge in [-0.05, 0) is 18.6 Å². The molecule has 1 unspecified atom stereocenters. The molecule has 2 aromatic rings. The smallest absolute Gasteiger partial charge is 0.0794 e. The minimum absolute atomic E-state index is 0.0221. The lowest BCUT2D eigenvalue weighted by molar-refractivity contribution is 0.881. The van der Waals surface area contributed by atoms with Gasteiger partial charge >= 0.3 is 0 Å². The quantitative estimate of drug-likeness (QED) is 0.767. The summed E-state index contributed by atoms with van der Waals surface area (Å²) in [5.74, 6) is 0. The molecule has 0 amide bonds. The van der Waals surface area contributed by atoms with Crippen molar-refractivity contribution in [2.45, 2.75) is 18.7 Å². The van der Waals surface area contributed by atoms with Gasteiger partial charge in [-0.15, -0.1) is 22.9 Å². The Labute approximate surface area is 98.0 Å². The summed E-state index contributed by atoms with van der Waals surface area (Å²) in [5, 5.41) is -0.0221. The van der Waals surface area contributed by atoms with Gasteiger partial charge in [0.15, 0.2) is 0 Å². The standard InChI is InChI=1S/C11H11ClN2S/c1-8-3-2-4-14-10(8)5-9(12)11-6-13-7-15-11/h2-4,6-7,9H,5H2,1H3. The molecule has 1 atom stereocenters. The van der Waals surface area contributed by atoms with E-state index in [1.54, 1.807) is 23.0 Å². The van der Waals surface area contributed by atoms with E-state index in [0.29, 0.717) is 0 Å². The van der Waals surface area contributed by atoms with Crippen molar-refractivity contribution in [1.29, 1.82) is 0 Å². The Balaban J connectivity index is 2.13. The average molecular weight is 239 g/mol. The fraction of sp³-hybridized carbons (Fsp3) is 0.273. The predicted molar refractivity (Wildman–Crippen MR) is 63.4 cm³/mol. The van der Waals surface area contributed by atoms with E-state index in [-0.39, 0.29) is 5.38 Å². The highest BCUT2D eigenvalue weighted by Crippen LogP contribution is 2.27. The van der Waals surface area contributed by atoms with Crippen molar-refractivity contribution in [2.24, 2.45) is 0 Å². The van der Waals surface area contributed by atoms with Gasteiger partial charge in [0.05, 0.1) is 10.9 Å². The lowest BCUT2D eigenvalue weighted by Gasteiger charge is -2.07. The van der Waals surface area contributed by atoms with Gasteiger partial charge in [-0.25, -0.2) is 0 Å². The van der Waals surface area contributed by atoms with Crippen molar-refractivity contribution >= 4 is 22.9 Å². The summed E-state index contributed by atoms with van der Waals surface area (Å²) < 4.78 is 0. The number of nitrogens with zero attached hydrogens (tertiary/aromatic N) is 2. The normalized spacial score (nSPS) is 12.7. The van der Waals surface area contributed by atoms with E-state index in [9.17, 15) is 0 Å². The third-order valence-electron chi connectivity index (χ3n) is 2.25. The van der Waals surface area contributed by atoms with Crippen molar-refractivity contribution < 1.29 is 0 Å². The van der Waals surface area contributed by atoms with Crippen LogP contribution < -0.4 is 0 Å². The first-order chi connectivity index (χ1) is 7.27. The Bertz CT molecular complexity index is 428. The van der Waals surface area contributed by atoms with E-state index in [0.717, 1.165) is 17.0 Å². The Kier molecular flexibility index (Phi) is 3.34. The van der Waals surface area contributed by atoms with Gasteiger partial charge in [0, 0.05) is 29.4 Å². The first-order valence-electron chi connectivity index (χ1n) is 4.70. The highest BCUT2D eigenvalue weighted by Gasteiger charge is 2.12. The summed E-state index contributed by atoms with van der Waals surface area (Å²) in [6, 6.07) is 3.99. The van der Waals surface area contributed by atoms with Gasteiger partial charge in [-0.3, -0.25) is 9.97 Å². The van der Waals surface area contributed by atoms with Crippen LogP contribution in [0.1, 0.15) is 21.5 Å². The maximum absolute atomic E-state index is 6.28. The third kappa shape index (κ3) is 2.55. The number of pyridine rings is 1. The number of aryl methyl sites for hydroxylation is 1. The van der Waals surface area contributed by atoms with Crippen LogP contribution in [0.15, 0.2) is 30.0 Å². The van der Waals surface area contributed by atoms with E-state index in [1.165, 1.54) is 5.56 Å². The van der Waals surface area contributed by atoms with E-state index in [2.05, 4.69) is 23.0 Å². The second kappa shape index (κ2) is 4.73. The van der Waals surface area contributed by atoms with Crippen molar-refractivity contribution in [1.82, 2.24) is 9.97 Å². The van der Waals surface area contributed by atoms with Gasteiger partial charge in [-0.1, -0.05) is 6.07 Å². The third-order valence-corrected chi connectivity index (χ3v) is 3.66. The SMILES string of the molecule is Cc1cccnc1CC(Cl)c1cncs1. The molecule has 78 valence electrons. The number of hydrogen-bond acceptors (Lipinski definition) is 3. The Morgan fingerprint density at radius 2 is 2.40 bits per heavy atom. The molecule has 0 saturated carbocycles. The molecule has 0 spiro atoms. The molecule has 0 bridgehead atoms. The lowest BCUT2D eigenvalue weighted by atomic mass is 10.1. The van der Waals surface area contributed by atoms with Crippen molar-refractivity contribution in [3.63, 3.8) is 0 Å². The van der Waals surface area contributed by atoms with Crippen molar-refractivity contribution in [3.05, 3.63) is 46.2 Å². The predicted octanol–water partition coefficient (Wildman–Crippen LogP) is 3.37. The second-order valence-corrected chi connectivity index (χ2v) is 4.79. The monoisotopic (exact) mass is 238 g/mol. The van der Waals surface area contributed by atoms with Crippen LogP contribution in [0.2, 0.25) is 0 Å². The molecular formula is C11H11ClN2S. The molecule has 2 heterocycles. The highest BCUT2D eigenvalue weighted by molar-refractivity contribution is 7.09. The Morgan fingerprint density at radius 3 is 3.07 bits per heavy atom. The summed E-state index contributed by atoms with van der Waals surface area (Å²) in [5.41, 5.74) is 4.05. The Hall–Kier alpha value is -0.930. The van der Waals surface area contributed by atoms with Crippen LogP contribution in [-0.2, 0) is 6.42 Å². The van der Waals surface area contributed by atoms with Gasteiger partial charge in [0.2, 0.25) is 0 Å². The van der Waals surface area contributed by atoms with Crippen LogP contribution in [0.5, 0.6) is 0 Å². The topological polar surface area (TPSA) is 25.8 Å². The first kappa shape index (κ1) is 10.6. The van der Waals surface area contributed by atoms with E-state index in [4.69, 9.17) is 11.6 Å². The Morgan fingerprint density at radius 1 is 1.53 bits per heavy atom. The summed E-state index contributed by atoms with van der Waals surface area (Å²) >= 11 is 7.87. The molecule has 0 radical (unpaired) electrons. The van der Waals surface area contributed by atoms with E-state index < -0.39 is 0 Å². The molecule has 0 aliphatic rings. The molecule has 0 fully saturated rings. The van der Waals surface area contributed by atoms with Crippen molar-refractivity contribution in [2.75, 3.05) is 0 Å². The molecular weight excluding hydrogens is 228 g/mol. The van der Waals surface area contributed by atoms with Gasteiger partial charge in [0.25, 0.3) is 0 Å². The molecule has 0 aromatic carbocycles. The molecule has 0 saturated heterocycles. The highest BCUT2D eigenvalue weighted by atomic mass is 35.5.